The highest BCUT2D eigenvalue weighted by Gasteiger charge is 2.16. The predicted molar refractivity (Wildman–Crippen MR) is 72.6 cm³/mol. The largest absolute Gasteiger partial charge is 0.380 e. The second-order valence-electron chi connectivity index (χ2n) is 4.74. The molecule has 0 radical (unpaired) electrons. The Balaban J connectivity index is 2.82. The summed E-state index contributed by atoms with van der Waals surface area (Å²) in [5.74, 6) is 0.585. The molecule has 0 aromatic heterocycles. The van der Waals surface area contributed by atoms with E-state index in [9.17, 15) is 8.42 Å². The maximum atomic E-state index is 11.3. The molecule has 0 bridgehead atoms. The van der Waals surface area contributed by atoms with Crippen LogP contribution in [0.15, 0.2) is 29.2 Å². The topological polar surface area (TPSA) is 46.2 Å². The van der Waals surface area contributed by atoms with E-state index in [-0.39, 0.29) is 5.54 Å². The fourth-order valence-electron chi connectivity index (χ4n) is 1.47. The van der Waals surface area contributed by atoms with Gasteiger partial charge in [-0.1, -0.05) is 0 Å². The van der Waals surface area contributed by atoms with Gasteiger partial charge in [0.25, 0.3) is 0 Å². The Kier molecular flexibility index (Phi) is 4.44. The van der Waals surface area contributed by atoms with Crippen LogP contribution < -0.4 is 5.32 Å². The summed E-state index contributed by atoms with van der Waals surface area (Å²) in [5.41, 5.74) is 0.793. The molecule has 0 unspecified atom stereocenters. The normalized spacial score (nSPS) is 12.5. The summed E-state index contributed by atoms with van der Waals surface area (Å²) in [6, 6.07) is 6.75. The first-order chi connectivity index (χ1) is 7.74. The third kappa shape index (κ3) is 4.56. The van der Waals surface area contributed by atoms with Crippen molar-refractivity contribution in [2.45, 2.75) is 30.7 Å². The van der Waals surface area contributed by atoms with Crippen LogP contribution >= 0.6 is 11.6 Å². The SMILES string of the molecule is CC(C)(CCCl)Nc1ccc(S(C)(=O)=O)cc1. The van der Waals surface area contributed by atoms with Crippen LogP contribution in [0.4, 0.5) is 5.69 Å². The minimum Gasteiger partial charge on any atom is -0.380 e. The fourth-order valence-corrected chi connectivity index (χ4v) is 2.58. The lowest BCUT2D eigenvalue weighted by molar-refractivity contribution is 0.550. The predicted octanol–water partition coefficient (Wildman–Crippen LogP) is 2.91. The summed E-state index contributed by atoms with van der Waals surface area (Å²) in [6.45, 7) is 4.11. The Morgan fingerprint density at radius 1 is 1.24 bits per heavy atom. The van der Waals surface area contributed by atoms with E-state index in [1.54, 1.807) is 24.3 Å². The molecule has 0 heterocycles. The monoisotopic (exact) mass is 275 g/mol. The van der Waals surface area contributed by atoms with Gasteiger partial charge in [0.1, 0.15) is 0 Å². The number of sulfone groups is 1. The van der Waals surface area contributed by atoms with Gasteiger partial charge in [0, 0.05) is 23.4 Å². The van der Waals surface area contributed by atoms with E-state index >= 15 is 0 Å². The lowest BCUT2D eigenvalue weighted by Crippen LogP contribution is -2.31. The van der Waals surface area contributed by atoms with Gasteiger partial charge in [0.15, 0.2) is 9.84 Å². The van der Waals surface area contributed by atoms with E-state index in [1.807, 2.05) is 0 Å². The van der Waals surface area contributed by atoms with E-state index in [1.165, 1.54) is 6.26 Å². The lowest BCUT2D eigenvalue weighted by atomic mass is 10.0. The minimum atomic E-state index is -3.12. The van der Waals surface area contributed by atoms with Crippen molar-refractivity contribution in [2.75, 3.05) is 17.5 Å². The van der Waals surface area contributed by atoms with Gasteiger partial charge in [-0.15, -0.1) is 11.6 Å². The Morgan fingerprint density at radius 2 is 1.76 bits per heavy atom. The zero-order chi connectivity index (χ0) is 13.1. The molecule has 1 aromatic carbocycles. The zero-order valence-corrected chi connectivity index (χ0v) is 11.9. The summed E-state index contributed by atoms with van der Waals surface area (Å²) in [5, 5.41) is 3.32. The Morgan fingerprint density at radius 3 is 2.18 bits per heavy atom. The van der Waals surface area contributed by atoms with Gasteiger partial charge in [0.05, 0.1) is 4.90 Å². The molecule has 0 fully saturated rings. The third-order valence-electron chi connectivity index (χ3n) is 2.48. The number of rotatable bonds is 5. The summed E-state index contributed by atoms with van der Waals surface area (Å²) in [7, 11) is -3.12. The highest BCUT2D eigenvalue weighted by Crippen LogP contribution is 2.20. The lowest BCUT2D eigenvalue weighted by Gasteiger charge is -2.26. The Hall–Kier alpha value is -0.740. The van der Waals surface area contributed by atoms with Crippen molar-refractivity contribution in [3.05, 3.63) is 24.3 Å². The molecule has 96 valence electrons. The average molecular weight is 276 g/mol. The van der Waals surface area contributed by atoms with Gasteiger partial charge in [-0.05, 0) is 44.5 Å². The van der Waals surface area contributed by atoms with E-state index in [0.29, 0.717) is 10.8 Å². The second kappa shape index (κ2) is 5.27. The maximum Gasteiger partial charge on any atom is 0.175 e. The quantitative estimate of drug-likeness (QED) is 0.841. The summed E-state index contributed by atoms with van der Waals surface area (Å²) in [4.78, 5) is 0.332. The number of alkyl halides is 1. The van der Waals surface area contributed by atoms with Gasteiger partial charge >= 0.3 is 0 Å². The molecule has 0 aliphatic rings. The summed E-state index contributed by atoms with van der Waals surface area (Å²) < 4.78 is 22.6. The molecular weight excluding hydrogens is 258 g/mol. The van der Waals surface area contributed by atoms with Crippen molar-refractivity contribution in [2.24, 2.45) is 0 Å². The van der Waals surface area contributed by atoms with Crippen LogP contribution in [-0.4, -0.2) is 26.1 Å². The molecule has 0 atom stereocenters. The van der Waals surface area contributed by atoms with Gasteiger partial charge in [-0.2, -0.15) is 0 Å². The number of benzene rings is 1. The number of halogens is 1. The van der Waals surface area contributed by atoms with Crippen molar-refractivity contribution < 1.29 is 8.42 Å². The van der Waals surface area contributed by atoms with Gasteiger partial charge < -0.3 is 5.32 Å². The number of nitrogens with one attached hydrogen (secondary N) is 1. The molecule has 17 heavy (non-hydrogen) atoms. The van der Waals surface area contributed by atoms with Crippen molar-refractivity contribution in [3.63, 3.8) is 0 Å². The van der Waals surface area contributed by atoms with Crippen LogP contribution in [0.3, 0.4) is 0 Å². The summed E-state index contributed by atoms with van der Waals surface area (Å²) >= 11 is 5.72. The van der Waals surface area contributed by atoms with E-state index in [0.717, 1.165) is 12.1 Å². The Bertz CT molecular complexity index is 466. The molecule has 3 nitrogen and oxygen atoms in total. The van der Waals surface area contributed by atoms with Crippen LogP contribution in [0.1, 0.15) is 20.3 Å². The molecule has 0 amide bonds. The molecule has 1 rings (SSSR count). The van der Waals surface area contributed by atoms with Crippen molar-refractivity contribution in [1.82, 2.24) is 0 Å². The van der Waals surface area contributed by atoms with Crippen molar-refractivity contribution in [1.29, 1.82) is 0 Å². The maximum absolute atomic E-state index is 11.3. The first-order valence-electron chi connectivity index (χ1n) is 5.39. The molecule has 5 heteroatoms. The molecule has 0 saturated carbocycles. The van der Waals surface area contributed by atoms with Crippen molar-refractivity contribution in [3.8, 4) is 0 Å². The number of anilines is 1. The fraction of sp³-hybridized carbons (Fsp3) is 0.500. The second-order valence-corrected chi connectivity index (χ2v) is 7.14. The van der Waals surface area contributed by atoms with E-state index < -0.39 is 9.84 Å². The van der Waals surface area contributed by atoms with Crippen LogP contribution in [0, 0.1) is 0 Å². The average Bonchev–Trinajstić information content (AvgIpc) is 2.16. The molecule has 0 saturated heterocycles. The number of hydrogen-bond donors (Lipinski definition) is 1. The highest BCUT2D eigenvalue weighted by atomic mass is 35.5. The van der Waals surface area contributed by atoms with Crippen molar-refractivity contribution >= 4 is 27.1 Å². The van der Waals surface area contributed by atoms with Crippen LogP contribution in [-0.2, 0) is 9.84 Å². The molecule has 0 aliphatic heterocycles. The van der Waals surface area contributed by atoms with E-state index in [4.69, 9.17) is 11.6 Å². The van der Waals surface area contributed by atoms with Crippen LogP contribution in [0.25, 0.3) is 0 Å². The molecular formula is C12H18ClNO2S. The van der Waals surface area contributed by atoms with Crippen LogP contribution in [0.5, 0.6) is 0 Å². The third-order valence-corrected chi connectivity index (χ3v) is 3.80. The van der Waals surface area contributed by atoms with E-state index in [2.05, 4.69) is 19.2 Å². The first-order valence-corrected chi connectivity index (χ1v) is 7.81. The molecule has 1 N–H and O–H groups in total. The molecule has 0 aliphatic carbocycles. The molecule has 0 spiro atoms. The zero-order valence-electron chi connectivity index (χ0n) is 10.3. The van der Waals surface area contributed by atoms with Gasteiger partial charge in [-0.3, -0.25) is 0 Å². The minimum absolute atomic E-state index is 0.103. The highest BCUT2D eigenvalue weighted by molar-refractivity contribution is 7.90. The Labute approximate surface area is 108 Å². The summed E-state index contributed by atoms with van der Waals surface area (Å²) in [6.07, 6.45) is 2.04. The number of hydrogen-bond acceptors (Lipinski definition) is 3. The van der Waals surface area contributed by atoms with Gasteiger partial charge in [-0.25, -0.2) is 8.42 Å². The first kappa shape index (κ1) is 14.3. The standard InChI is InChI=1S/C12H18ClNO2S/c1-12(2,8-9-13)14-10-4-6-11(7-5-10)17(3,15)16/h4-7,14H,8-9H2,1-3H3. The smallest absolute Gasteiger partial charge is 0.175 e. The van der Waals surface area contributed by atoms with Gasteiger partial charge in [0.2, 0.25) is 0 Å². The van der Waals surface area contributed by atoms with Crippen LogP contribution in [0.2, 0.25) is 0 Å². The molecule has 1 aromatic rings.